The fourth-order valence-electron chi connectivity index (χ4n) is 3.14. The fraction of sp³-hybridized carbons (Fsp3) is 0.300. The molecule has 31 heavy (non-hydrogen) atoms. The standard InChI is InChI=1S/C20H19F5N2O2S2/c1-12-19(30-9-8-26(2)3)15-10-13(20(23,24)25)4-6-17(15)27(12)31(28,29)18-7-5-14(21)11-16(18)22/h4-7,10-11H,8-9H2,1-3H3. The Hall–Kier alpha value is -2.11. The molecule has 0 spiro atoms. The molecular weight excluding hydrogens is 459 g/mol. The number of benzene rings is 2. The monoisotopic (exact) mass is 478 g/mol. The lowest BCUT2D eigenvalue weighted by molar-refractivity contribution is -0.137. The van der Waals surface area contributed by atoms with Crippen LogP contribution in [0.3, 0.4) is 0 Å². The zero-order valence-electron chi connectivity index (χ0n) is 16.8. The summed E-state index contributed by atoms with van der Waals surface area (Å²) in [5, 5.41) is 0.0992. The van der Waals surface area contributed by atoms with Crippen LogP contribution in [0.4, 0.5) is 22.0 Å². The summed E-state index contributed by atoms with van der Waals surface area (Å²) in [6, 6.07) is 4.79. The van der Waals surface area contributed by atoms with Gasteiger partial charge >= 0.3 is 6.18 Å². The molecule has 0 unspecified atom stereocenters. The van der Waals surface area contributed by atoms with Gasteiger partial charge in [0.1, 0.15) is 16.5 Å². The van der Waals surface area contributed by atoms with Gasteiger partial charge in [0, 0.05) is 34.3 Å². The Kier molecular flexibility index (Phi) is 6.41. The van der Waals surface area contributed by atoms with Crippen molar-refractivity contribution in [1.82, 2.24) is 8.87 Å². The Morgan fingerprint density at radius 1 is 1.06 bits per heavy atom. The Morgan fingerprint density at radius 2 is 1.74 bits per heavy atom. The van der Waals surface area contributed by atoms with Gasteiger partial charge in [0.15, 0.2) is 0 Å². The lowest BCUT2D eigenvalue weighted by Gasteiger charge is -2.12. The van der Waals surface area contributed by atoms with E-state index < -0.39 is 38.3 Å². The van der Waals surface area contributed by atoms with Crippen molar-refractivity contribution in [2.75, 3.05) is 26.4 Å². The van der Waals surface area contributed by atoms with Crippen molar-refractivity contribution in [2.45, 2.75) is 22.9 Å². The van der Waals surface area contributed by atoms with E-state index in [1.54, 1.807) is 0 Å². The zero-order chi connectivity index (χ0) is 23.1. The summed E-state index contributed by atoms with van der Waals surface area (Å²) in [4.78, 5) is 1.47. The van der Waals surface area contributed by atoms with E-state index in [0.717, 1.165) is 34.3 Å². The molecular formula is C20H19F5N2O2S2. The van der Waals surface area contributed by atoms with Gasteiger partial charge in [-0.1, -0.05) is 0 Å². The molecule has 0 aliphatic carbocycles. The van der Waals surface area contributed by atoms with Crippen LogP contribution in [0.1, 0.15) is 11.3 Å². The minimum atomic E-state index is -4.61. The molecule has 0 radical (unpaired) electrons. The molecule has 0 amide bonds. The van der Waals surface area contributed by atoms with Gasteiger partial charge < -0.3 is 4.90 Å². The van der Waals surface area contributed by atoms with Gasteiger partial charge in [-0.15, -0.1) is 11.8 Å². The maximum Gasteiger partial charge on any atom is 0.416 e. The van der Waals surface area contributed by atoms with Crippen molar-refractivity contribution in [3.05, 3.63) is 59.3 Å². The predicted octanol–water partition coefficient (Wildman–Crippen LogP) is 5.14. The van der Waals surface area contributed by atoms with Crippen molar-refractivity contribution in [3.63, 3.8) is 0 Å². The SMILES string of the molecule is Cc1c(SCCN(C)C)c2cc(C(F)(F)F)ccc2n1S(=O)(=O)c1ccc(F)cc1F. The van der Waals surface area contributed by atoms with Crippen molar-refractivity contribution < 1.29 is 30.4 Å². The second-order valence-corrected chi connectivity index (χ2v) is 10.0. The number of aromatic nitrogens is 1. The molecule has 11 heteroatoms. The number of thioether (sulfide) groups is 1. The first-order valence-corrected chi connectivity index (χ1v) is 11.5. The zero-order valence-corrected chi connectivity index (χ0v) is 18.4. The van der Waals surface area contributed by atoms with Gasteiger partial charge in [0.2, 0.25) is 0 Å². The highest BCUT2D eigenvalue weighted by molar-refractivity contribution is 7.99. The van der Waals surface area contributed by atoms with Crippen LogP contribution in [-0.4, -0.2) is 43.7 Å². The second-order valence-electron chi connectivity index (χ2n) is 7.14. The number of halogens is 5. The summed E-state index contributed by atoms with van der Waals surface area (Å²) < 4.78 is 94.7. The van der Waals surface area contributed by atoms with Gasteiger partial charge in [0.25, 0.3) is 10.0 Å². The third-order valence-electron chi connectivity index (χ3n) is 4.62. The number of alkyl halides is 3. The third kappa shape index (κ3) is 4.58. The summed E-state index contributed by atoms with van der Waals surface area (Å²) in [5.41, 5.74) is -0.777. The molecule has 0 N–H and O–H groups in total. The average Bonchev–Trinajstić information content (AvgIpc) is 2.92. The largest absolute Gasteiger partial charge is 0.416 e. The Balaban J connectivity index is 2.27. The molecule has 168 valence electrons. The second kappa shape index (κ2) is 8.44. The molecule has 0 saturated heterocycles. The maximum absolute atomic E-state index is 14.3. The van der Waals surface area contributed by atoms with Crippen LogP contribution in [0.15, 0.2) is 46.2 Å². The van der Waals surface area contributed by atoms with Gasteiger partial charge in [-0.3, -0.25) is 0 Å². The van der Waals surface area contributed by atoms with E-state index in [1.165, 1.54) is 18.7 Å². The summed E-state index contributed by atoms with van der Waals surface area (Å²) in [6.07, 6.45) is -4.61. The number of nitrogens with zero attached hydrogens (tertiary/aromatic N) is 2. The summed E-state index contributed by atoms with van der Waals surface area (Å²) in [5.74, 6) is -1.73. The van der Waals surface area contributed by atoms with Crippen molar-refractivity contribution >= 4 is 32.7 Å². The van der Waals surface area contributed by atoms with E-state index in [2.05, 4.69) is 0 Å². The van der Waals surface area contributed by atoms with E-state index >= 15 is 0 Å². The van der Waals surface area contributed by atoms with E-state index in [4.69, 9.17) is 0 Å². The van der Waals surface area contributed by atoms with Gasteiger partial charge in [0.05, 0.1) is 11.1 Å². The Labute approximate surface area is 180 Å². The molecule has 0 aliphatic heterocycles. The highest BCUT2D eigenvalue weighted by Gasteiger charge is 2.33. The van der Waals surface area contributed by atoms with Crippen molar-refractivity contribution in [1.29, 1.82) is 0 Å². The van der Waals surface area contributed by atoms with Gasteiger partial charge in [-0.05, 0) is 51.4 Å². The van der Waals surface area contributed by atoms with Crippen LogP contribution in [0.2, 0.25) is 0 Å². The first-order valence-electron chi connectivity index (χ1n) is 9.04. The van der Waals surface area contributed by atoms with Gasteiger partial charge in [-0.25, -0.2) is 21.2 Å². The predicted molar refractivity (Wildman–Crippen MR) is 110 cm³/mol. The van der Waals surface area contributed by atoms with Crippen molar-refractivity contribution in [3.8, 4) is 0 Å². The lowest BCUT2D eigenvalue weighted by Crippen LogP contribution is -2.16. The molecule has 0 bridgehead atoms. The molecule has 0 saturated carbocycles. The highest BCUT2D eigenvalue weighted by Crippen LogP contribution is 2.40. The summed E-state index contributed by atoms with van der Waals surface area (Å²) >= 11 is 1.21. The van der Waals surface area contributed by atoms with Gasteiger partial charge in [-0.2, -0.15) is 13.2 Å². The van der Waals surface area contributed by atoms with Crippen LogP contribution < -0.4 is 0 Å². The minimum absolute atomic E-state index is 0.0124. The maximum atomic E-state index is 14.3. The molecule has 2 aromatic carbocycles. The molecule has 0 atom stereocenters. The third-order valence-corrected chi connectivity index (χ3v) is 7.65. The Morgan fingerprint density at radius 3 is 2.32 bits per heavy atom. The first kappa shape index (κ1) is 23.6. The fourth-order valence-corrected chi connectivity index (χ4v) is 6.09. The average molecular weight is 479 g/mol. The molecule has 3 aromatic rings. The molecule has 1 heterocycles. The quantitative estimate of drug-likeness (QED) is 0.364. The first-order chi connectivity index (χ1) is 14.3. The number of hydrogen-bond acceptors (Lipinski definition) is 4. The van der Waals surface area contributed by atoms with E-state index in [-0.39, 0.29) is 16.6 Å². The van der Waals surface area contributed by atoms with E-state index in [1.807, 2.05) is 19.0 Å². The number of fused-ring (bicyclic) bond motifs is 1. The number of rotatable bonds is 6. The summed E-state index contributed by atoms with van der Waals surface area (Å²) in [6.45, 7) is 2.05. The van der Waals surface area contributed by atoms with Crippen molar-refractivity contribution in [2.24, 2.45) is 0 Å². The van der Waals surface area contributed by atoms with Crippen LogP contribution in [-0.2, 0) is 16.2 Å². The lowest BCUT2D eigenvalue weighted by atomic mass is 10.1. The topological polar surface area (TPSA) is 42.3 Å². The molecule has 0 fully saturated rings. The molecule has 3 rings (SSSR count). The van der Waals surface area contributed by atoms with Crippen LogP contribution in [0, 0.1) is 18.6 Å². The Bertz CT molecular complexity index is 1230. The molecule has 1 aromatic heterocycles. The van der Waals surface area contributed by atoms with Crippen LogP contribution in [0.25, 0.3) is 10.9 Å². The molecule has 4 nitrogen and oxygen atoms in total. The van der Waals surface area contributed by atoms with E-state index in [0.29, 0.717) is 23.3 Å². The minimum Gasteiger partial charge on any atom is -0.309 e. The normalized spacial score (nSPS) is 12.8. The highest BCUT2D eigenvalue weighted by atomic mass is 32.2. The number of hydrogen-bond donors (Lipinski definition) is 0. The van der Waals surface area contributed by atoms with Crippen LogP contribution >= 0.6 is 11.8 Å². The van der Waals surface area contributed by atoms with Crippen LogP contribution in [0.5, 0.6) is 0 Å². The summed E-state index contributed by atoms with van der Waals surface area (Å²) in [7, 11) is -0.875. The molecule has 0 aliphatic rings. The smallest absolute Gasteiger partial charge is 0.309 e. The van der Waals surface area contributed by atoms with E-state index in [9.17, 15) is 30.4 Å².